The lowest BCUT2D eigenvalue weighted by atomic mass is 9.80. The maximum Gasteiger partial charge on any atom is 0.417 e. The zero-order chi connectivity index (χ0) is 25.6. The van der Waals surface area contributed by atoms with Crippen molar-refractivity contribution in [1.82, 2.24) is 0 Å². The van der Waals surface area contributed by atoms with Gasteiger partial charge in [-0.1, -0.05) is 92.8 Å². The van der Waals surface area contributed by atoms with Gasteiger partial charge < -0.3 is 9.47 Å². The van der Waals surface area contributed by atoms with E-state index in [4.69, 9.17) is 9.47 Å². The van der Waals surface area contributed by atoms with Crippen molar-refractivity contribution in [3.63, 3.8) is 0 Å². The number of aryl methyl sites for hydroxylation is 1. The van der Waals surface area contributed by atoms with Gasteiger partial charge in [-0.3, -0.25) is 0 Å². The summed E-state index contributed by atoms with van der Waals surface area (Å²) in [6.07, 6.45) is 0.185. The summed E-state index contributed by atoms with van der Waals surface area (Å²) in [6.45, 7) is 12.8. The Hall–Kier alpha value is -1.58. The van der Waals surface area contributed by atoms with E-state index in [0.717, 1.165) is 54.5 Å². The van der Waals surface area contributed by atoms with Crippen LogP contribution in [0.3, 0.4) is 0 Å². The van der Waals surface area contributed by atoms with Crippen molar-refractivity contribution in [3.05, 3.63) is 58.7 Å². The largest absolute Gasteiger partial charge is 0.467 e. The van der Waals surface area contributed by atoms with Crippen LogP contribution in [0.4, 0.5) is 13.2 Å². The monoisotopic (exact) mass is 496 g/mol. The average molecular weight is 497 g/mol. The number of rotatable bonds is 11. The van der Waals surface area contributed by atoms with Crippen LogP contribution < -0.4 is 10.0 Å². The molecular formula is C28H40F3O2P. The predicted octanol–water partition coefficient (Wildman–Crippen LogP) is 8.48. The Morgan fingerprint density at radius 2 is 1.62 bits per heavy atom. The molecule has 0 bridgehead atoms. The van der Waals surface area contributed by atoms with Gasteiger partial charge in [-0.15, -0.1) is 0 Å². The molecule has 0 spiro atoms. The van der Waals surface area contributed by atoms with Crippen LogP contribution in [0.2, 0.25) is 0 Å². The van der Waals surface area contributed by atoms with E-state index in [1.54, 1.807) is 19.2 Å². The molecule has 0 aliphatic rings. The number of hydrogen-bond acceptors (Lipinski definition) is 2. The maximum absolute atomic E-state index is 13.9. The number of benzene rings is 2. The smallest absolute Gasteiger partial charge is 0.417 e. The van der Waals surface area contributed by atoms with Crippen molar-refractivity contribution in [3.8, 4) is 5.75 Å². The van der Waals surface area contributed by atoms with E-state index in [-0.39, 0.29) is 20.8 Å². The van der Waals surface area contributed by atoms with Crippen molar-refractivity contribution in [2.24, 2.45) is 0 Å². The number of unbranched alkanes of at least 4 members (excludes halogenated alkanes) is 2. The second-order valence-electron chi connectivity index (χ2n) is 10.0. The maximum atomic E-state index is 13.9. The van der Waals surface area contributed by atoms with Gasteiger partial charge in [-0.2, -0.15) is 13.2 Å². The van der Waals surface area contributed by atoms with Gasteiger partial charge in [-0.25, -0.2) is 0 Å². The Balaban J connectivity index is 2.79. The summed E-state index contributed by atoms with van der Waals surface area (Å²) in [5.74, 6) is 0.741. The fourth-order valence-electron chi connectivity index (χ4n) is 4.37. The molecule has 0 aromatic heterocycles. The number of hydrogen-bond donors (Lipinski definition) is 0. The number of halogens is 3. The molecule has 0 heterocycles. The van der Waals surface area contributed by atoms with Crippen LogP contribution in [0, 0.1) is 6.92 Å². The molecule has 0 N–H and O–H groups in total. The molecule has 0 aliphatic heterocycles. The third-order valence-electron chi connectivity index (χ3n) is 6.39. The molecule has 2 rings (SSSR count). The molecule has 0 radical (unpaired) electrons. The summed E-state index contributed by atoms with van der Waals surface area (Å²) in [5, 5.41) is -0.101. The highest BCUT2D eigenvalue weighted by molar-refractivity contribution is 7.48. The standard InChI is InChI=1S/C28H40F3O2P/c1-8-10-13-16-27(9-2,34-24-15-12-11-14-22(24)28(29,30)31)23-18-21(26(4,5)6)17-20(3)25(23)33-19-32-7/h11-12,14-15,17-18,34H,8-10,13,16,19H2,1-7H3. The summed E-state index contributed by atoms with van der Waals surface area (Å²) in [6, 6.07) is 10.3. The van der Waals surface area contributed by atoms with Crippen LogP contribution in [0.1, 0.15) is 89.0 Å². The highest BCUT2D eigenvalue weighted by atomic mass is 31.1. The fourth-order valence-corrected chi connectivity index (χ4v) is 6.22. The second kappa shape index (κ2) is 11.9. The van der Waals surface area contributed by atoms with Gasteiger partial charge in [0.15, 0.2) is 6.79 Å². The van der Waals surface area contributed by atoms with E-state index in [1.807, 2.05) is 6.92 Å². The molecule has 0 fully saturated rings. The Bertz CT molecular complexity index is 934. The molecule has 34 heavy (non-hydrogen) atoms. The Labute approximate surface area is 205 Å². The summed E-state index contributed by atoms with van der Waals surface area (Å²) in [7, 11) is 1.54. The molecular weight excluding hydrogens is 456 g/mol. The lowest BCUT2D eigenvalue weighted by Crippen LogP contribution is -2.28. The van der Waals surface area contributed by atoms with Crippen LogP contribution in [0.15, 0.2) is 36.4 Å². The summed E-state index contributed by atoms with van der Waals surface area (Å²) >= 11 is 0. The number of alkyl halides is 3. The molecule has 0 saturated heterocycles. The molecule has 0 amide bonds. The Morgan fingerprint density at radius 3 is 2.18 bits per heavy atom. The van der Waals surface area contributed by atoms with Crippen molar-refractivity contribution < 1.29 is 22.6 Å². The summed E-state index contributed by atoms with van der Waals surface area (Å²) in [5.41, 5.74) is 2.51. The quantitative estimate of drug-likeness (QED) is 0.176. The lowest BCUT2D eigenvalue weighted by molar-refractivity contribution is -0.136. The molecule has 190 valence electrons. The van der Waals surface area contributed by atoms with Crippen LogP contribution in [0.5, 0.6) is 5.75 Å². The van der Waals surface area contributed by atoms with Gasteiger partial charge in [0.25, 0.3) is 0 Å². The first-order valence-electron chi connectivity index (χ1n) is 12.1. The Kier molecular flexibility index (Phi) is 10.0. The SMILES string of the molecule is CCCCCC(CC)(Pc1ccccc1C(F)(F)F)c1cc(C(C)(C)C)cc(C)c1OCOC. The molecule has 6 heteroatoms. The predicted molar refractivity (Wildman–Crippen MR) is 138 cm³/mol. The summed E-state index contributed by atoms with van der Waals surface area (Å²) < 4.78 is 53.1. The Morgan fingerprint density at radius 1 is 0.941 bits per heavy atom. The summed E-state index contributed by atoms with van der Waals surface area (Å²) in [4.78, 5) is 0. The minimum atomic E-state index is -4.38. The number of methoxy groups -OCH3 is 1. The highest BCUT2D eigenvalue weighted by Crippen LogP contribution is 2.53. The lowest BCUT2D eigenvalue weighted by Gasteiger charge is -2.37. The molecule has 0 aliphatic carbocycles. The molecule has 2 nitrogen and oxygen atoms in total. The normalized spacial score (nSPS) is 14.5. The van der Waals surface area contributed by atoms with E-state index in [1.165, 1.54) is 12.1 Å². The molecule has 2 aromatic rings. The zero-order valence-corrected chi connectivity index (χ0v) is 22.7. The molecule has 2 atom stereocenters. The van der Waals surface area contributed by atoms with Gasteiger partial charge in [0, 0.05) is 17.8 Å². The van der Waals surface area contributed by atoms with Gasteiger partial charge in [0.1, 0.15) is 5.75 Å². The van der Waals surface area contributed by atoms with Crippen LogP contribution in [0.25, 0.3) is 0 Å². The first-order chi connectivity index (χ1) is 15.9. The molecule has 2 aromatic carbocycles. The van der Waals surface area contributed by atoms with Gasteiger partial charge in [0.05, 0.1) is 5.56 Å². The minimum Gasteiger partial charge on any atom is -0.467 e. The zero-order valence-electron chi connectivity index (χ0n) is 21.7. The van der Waals surface area contributed by atoms with E-state index in [9.17, 15) is 13.2 Å². The van der Waals surface area contributed by atoms with E-state index < -0.39 is 16.9 Å². The van der Waals surface area contributed by atoms with Gasteiger partial charge >= 0.3 is 6.18 Å². The highest BCUT2D eigenvalue weighted by Gasteiger charge is 2.39. The van der Waals surface area contributed by atoms with E-state index >= 15 is 0 Å². The molecule has 2 unspecified atom stereocenters. The third kappa shape index (κ3) is 6.98. The minimum absolute atomic E-state index is 0.0362. The van der Waals surface area contributed by atoms with Crippen molar-refractivity contribution >= 4 is 13.9 Å². The van der Waals surface area contributed by atoms with E-state index in [0.29, 0.717) is 5.30 Å². The van der Waals surface area contributed by atoms with Gasteiger partial charge in [-0.05, 0) is 47.7 Å². The number of ether oxygens (including phenoxy) is 2. The van der Waals surface area contributed by atoms with Gasteiger partial charge in [0.2, 0.25) is 0 Å². The van der Waals surface area contributed by atoms with Crippen molar-refractivity contribution in [2.45, 2.75) is 90.4 Å². The van der Waals surface area contributed by atoms with Crippen LogP contribution in [-0.4, -0.2) is 13.9 Å². The first kappa shape index (κ1) is 28.7. The van der Waals surface area contributed by atoms with Crippen molar-refractivity contribution in [1.29, 1.82) is 0 Å². The van der Waals surface area contributed by atoms with E-state index in [2.05, 4.69) is 46.8 Å². The van der Waals surface area contributed by atoms with Crippen LogP contribution in [-0.2, 0) is 21.5 Å². The second-order valence-corrected chi connectivity index (χ2v) is 11.8. The fraction of sp³-hybridized carbons (Fsp3) is 0.571. The first-order valence-corrected chi connectivity index (χ1v) is 13.1. The topological polar surface area (TPSA) is 18.5 Å². The third-order valence-corrected chi connectivity index (χ3v) is 8.45. The van der Waals surface area contributed by atoms with Crippen LogP contribution >= 0.6 is 8.58 Å². The average Bonchev–Trinajstić information content (AvgIpc) is 2.76. The molecule has 0 saturated carbocycles. The van der Waals surface area contributed by atoms with Crippen molar-refractivity contribution in [2.75, 3.05) is 13.9 Å².